The fraction of sp³-hybridized carbons (Fsp3) is 0.0286. The van der Waals surface area contributed by atoms with Crippen molar-refractivity contribution in [2.45, 2.75) is 6.42 Å². The van der Waals surface area contributed by atoms with Crippen LogP contribution in [0, 0.1) is 0 Å². The van der Waals surface area contributed by atoms with Gasteiger partial charge in [-0.3, -0.25) is 0 Å². The van der Waals surface area contributed by atoms with Gasteiger partial charge >= 0.3 is 0 Å². The zero-order chi connectivity index (χ0) is 28.0. The number of benzene rings is 4. The first-order valence-corrected chi connectivity index (χ1v) is 14.0. The maximum Gasteiger partial charge on any atom is 0.131 e. The lowest BCUT2D eigenvalue weighted by Crippen LogP contribution is -2.12. The number of aromatic nitrogens is 2. The van der Waals surface area contributed by atoms with Gasteiger partial charge in [0, 0.05) is 29.2 Å². The number of para-hydroxylation sites is 4. The van der Waals surface area contributed by atoms with Gasteiger partial charge in [0.15, 0.2) is 0 Å². The van der Waals surface area contributed by atoms with E-state index >= 15 is 0 Å². The summed E-state index contributed by atoms with van der Waals surface area (Å²) in [5.41, 5.74) is 7.50. The molecule has 6 rings (SSSR count). The van der Waals surface area contributed by atoms with Gasteiger partial charge < -0.3 is 9.80 Å². The van der Waals surface area contributed by atoms with Crippen molar-refractivity contribution in [3.05, 3.63) is 167 Å². The van der Waals surface area contributed by atoms with Gasteiger partial charge in [0.25, 0.3) is 0 Å². The van der Waals surface area contributed by atoms with Crippen LogP contribution in [0.15, 0.2) is 146 Å². The van der Waals surface area contributed by atoms with E-state index in [0.29, 0.717) is 16.7 Å². The fourth-order valence-corrected chi connectivity index (χ4v) is 5.34. The van der Waals surface area contributed by atoms with Gasteiger partial charge in [-0.05, 0) is 72.8 Å². The quantitative estimate of drug-likeness (QED) is 0.170. The highest BCUT2D eigenvalue weighted by Gasteiger charge is 2.17. The summed E-state index contributed by atoms with van der Waals surface area (Å²) in [6.07, 6.45) is 0.454. The zero-order valence-corrected chi connectivity index (χ0v) is 23.6. The lowest BCUT2D eigenvalue weighted by molar-refractivity contribution is 1.01. The molecule has 0 saturated heterocycles. The number of nitrogens with zero attached hydrogens (tertiary/aromatic N) is 4. The van der Waals surface area contributed by atoms with Crippen molar-refractivity contribution in [2.75, 3.05) is 9.80 Å². The lowest BCUT2D eigenvalue weighted by Gasteiger charge is -2.26. The topological polar surface area (TPSA) is 32.3 Å². The van der Waals surface area contributed by atoms with E-state index in [2.05, 4.69) is 80.4 Å². The molecule has 200 valence electrons. The van der Waals surface area contributed by atoms with Gasteiger partial charge in [0.1, 0.15) is 10.3 Å². The van der Waals surface area contributed by atoms with Crippen LogP contribution in [0.4, 0.5) is 34.1 Å². The Labute approximate surface area is 250 Å². The average Bonchev–Trinajstić information content (AvgIpc) is 2.99. The first-order valence-electron chi connectivity index (χ1n) is 13.3. The van der Waals surface area contributed by atoms with E-state index in [0.717, 1.165) is 45.5 Å². The summed E-state index contributed by atoms with van der Waals surface area (Å²) in [4.78, 5) is 13.7. The van der Waals surface area contributed by atoms with Crippen LogP contribution in [0.3, 0.4) is 0 Å². The van der Waals surface area contributed by atoms with Crippen molar-refractivity contribution < 1.29 is 0 Å². The maximum absolute atomic E-state index is 6.62. The molecule has 0 bridgehead atoms. The highest BCUT2D eigenvalue weighted by atomic mass is 35.5. The first-order chi connectivity index (χ1) is 20.1. The predicted octanol–water partition coefficient (Wildman–Crippen LogP) is 10.3. The normalized spacial score (nSPS) is 10.8. The maximum atomic E-state index is 6.62. The molecule has 4 aromatic carbocycles. The van der Waals surface area contributed by atoms with E-state index < -0.39 is 0 Å². The Morgan fingerprint density at radius 2 is 0.683 bits per heavy atom. The van der Waals surface area contributed by atoms with E-state index in [1.165, 1.54) is 0 Å². The van der Waals surface area contributed by atoms with Crippen LogP contribution in [0.2, 0.25) is 10.3 Å². The Hall–Kier alpha value is -4.64. The smallest absolute Gasteiger partial charge is 0.131 e. The summed E-state index contributed by atoms with van der Waals surface area (Å²) in [6.45, 7) is 0. The highest BCUT2D eigenvalue weighted by molar-refractivity contribution is 6.30. The molecule has 6 heteroatoms. The van der Waals surface area contributed by atoms with E-state index in [4.69, 9.17) is 23.2 Å². The second-order valence-corrected chi connectivity index (χ2v) is 10.2. The number of pyridine rings is 2. The third-order valence-corrected chi connectivity index (χ3v) is 6.99. The van der Waals surface area contributed by atoms with Gasteiger partial charge in [-0.1, -0.05) is 96.0 Å². The Morgan fingerprint density at radius 3 is 0.976 bits per heavy atom. The second kappa shape index (κ2) is 12.3. The molecule has 2 aromatic heterocycles. The lowest BCUT2D eigenvalue weighted by atomic mass is 10.1. The van der Waals surface area contributed by atoms with Gasteiger partial charge in [0.2, 0.25) is 0 Å². The van der Waals surface area contributed by atoms with Crippen molar-refractivity contribution in [2.24, 2.45) is 0 Å². The summed E-state index contributed by atoms with van der Waals surface area (Å²) < 4.78 is 0. The monoisotopic (exact) mass is 572 g/mol. The molecule has 4 nitrogen and oxygen atoms in total. The third-order valence-electron chi connectivity index (χ3n) is 6.60. The minimum Gasteiger partial charge on any atom is -0.310 e. The largest absolute Gasteiger partial charge is 0.310 e. The molecule has 41 heavy (non-hydrogen) atoms. The minimum absolute atomic E-state index is 0.409. The molecule has 2 heterocycles. The van der Waals surface area contributed by atoms with Gasteiger partial charge in [-0.2, -0.15) is 0 Å². The second-order valence-electron chi connectivity index (χ2n) is 9.47. The molecule has 0 spiro atoms. The fourth-order valence-electron chi connectivity index (χ4n) is 4.90. The average molecular weight is 574 g/mol. The molecule has 0 radical (unpaired) electrons. The molecular weight excluding hydrogens is 547 g/mol. The molecule has 0 amide bonds. The Balaban J connectivity index is 1.39. The van der Waals surface area contributed by atoms with Crippen LogP contribution in [0.1, 0.15) is 11.4 Å². The molecular formula is C35H26Cl2N4. The van der Waals surface area contributed by atoms with Crippen LogP contribution in [0.5, 0.6) is 0 Å². The Bertz CT molecular complexity index is 1520. The molecule has 0 N–H and O–H groups in total. The van der Waals surface area contributed by atoms with Crippen molar-refractivity contribution >= 4 is 57.3 Å². The van der Waals surface area contributed by atoms with E-state index in [9.17, 15) is 0 Å². The first kappa shape index (κ1) is 26.6. The molecule has 0 aliphatic carbocycles. The summed E-state index contributed by atoms with van der Waals surface area (Å²) in [6, 6.07) is 48.7. The number of halogens is 2. The van der Waals surface area contributed by atoms with Crippen molar-refractivity contribution in [3.63, 3.8) is 0 Å². The van der Waals surface area contributed by atoms with Crippen molar-refractivity contribution in [3.8, 4) is 0 Å². The SMILES string of the molecule is Clc1cc(N(c2ccccc2)c2ccccc2)cc(Cc2cc(N(c3ccccc3)c3ccccc3)cc(Cl)n2)n1. The standard InChI is InChI=1S/C35H26Cl2N4/c36-34-24-32(40(28-13-5-1-6-14-28)29-15-7-2-8-16-29)22-26(38-34)21-27-23-33(25-35(37)39-27)41(30-17-9-3-10-18-30)31-19-11-4-12-20-31/h1-20,22-25H,21H2. The predicted molar refractivity (Wildman–Crippen MR) is 171 cm³/mol. The molecule has 0 unspecified atom stereocenters. The summed E-state index contributed by atoms with van der Waals surface area (Å²) >= 11 is 13.2. The number of rotatable bonds is 8. The zero-order valence-electron chi connectivity index (χ0n) is 22.1. The Morgan fingerprint density at radius 1 is 0.390 bits per heavy atom. The van der Waals surface area contributed by atoms with Crippen LogP contribution in [-0.2, 0) is 6.42 Å². The van der Waals surface area contributed by atoms with E-state index in [1.807, 2.05) is 84.9 Å². The van der Waals surface area contributed by atoms with Crippen molar-refractivity contribution in [1.29, 1.82) is 0 Å². The molecule has 0 aliphatic heterocycles. The van der Waals surface area contributed by atoms with E-state index in [-0.39, 0.29) is 0 Å². The van der Waals surface area contributed by atoms with Crippen LogP contribution >= 0.6 is 23.2 Å². The molecule has 0 fully saturated rings. The number of hydrogen-bond acceptors (Lipinski definition) is 4. The van der Waals surface area contributed by atoms with E-state index in [1.54, 1.807) is 0 Å². The van der Waals surface area contributed by atoms with Crippen LogP contribution in [-0.4, -0.2) is 9.97 Å². The van der Waals surface area contributed by atoms with Crippen LogP contribution in [0.25, 0.3) is 0 Å². The Kier molecular flexibility index (Phi) is 7.94. The number of anilines is 6. The van der Waals surface area contributed by atoms with Gasteiger partial charge in [-0.25, -0.2) is 9.97 Å². The third kappa shape index (κ3) is 6.25. The van der Waals surface area contributed by atoms with Gasteiger partial charge in [-0.15, -0.1) is 0 Å². The van der Waals surface area contributed by atoms with Crippen molar-refractivity contribution in [1.82, 2.24) is 9.97 Å². The summed E-state index contributed by atoms with van der Waals surface area (Å²) in [7, 11) is 0. The number of hydrogen-bond donors (Lipinski definition) is 0. The summed E-state index contributed by atoms with van der Waals surface area (Å²) in [5, 5.41) is 0.818. The van der Waals surface area contributed by atoms with Crippen LogP contribution < -0.4 is 9.80 Å². The molecule has 6 aromatic rings. The molecule has 0 aliphatic rings. The van der Waals surface area contributed by atoms with Gasteiger partial charge in [0.05, 0.1) is 22.8 Å². The highest BCUT2D eigenvalue weighted by Crippen LogP contribution is 2.37. The summed E-state index contributed by atoms with van der Waals surface area (Å²) in [5.74, 6) is 0. The molecule has 0 atom stereocenters. The minimum atomic E-state index is 0.409. The molecule has 0 saturated carbocycles.